The van der Waals surface area contributed by atoms with Gasteiger partial charge in [-0.1, -0.05) is 53.3 Å². The van der Waals surface area contributed by atoms with Crippen molar-refractivity contribution in [1.29, 1.82) is 0 Å². The van der Waals surface area contributed by atoms with Gasteiger partial charge in [0, 0.05) is 49.5 Å². The Morgan fingerprint density at radius 3 is 1.80 bits per heavy atom. The minimum atomic E-state index is 0.751. The summed E-state index contributed by atoms with van der Waals surface area (Å²) < 4.78 is 5.08. The molecule has 6 aromatic rings. The zero-order valence-corrected chi connectivity index (χ0v) is 25.2. The molecule has 7 heteroatoms. The molecule has 40 heavy (non-hydrogen) atoms. The summed E-state index contributed by atoms with van der Waals surface area (Å²) in [6.07, 6.45) is 0.910. The topological polar surface area (TPSA) is 29.5 Å². The number of rotatable bonds is 8. The number of anilines is 3. The molecule has 0 radical (unpaired) electrons. The van der Waals surface area contributed by atoms with Crippen LogP contribution in [0, 0.1) is 13.8 Å². The average Bonchev–Trinajstić information content (AvgIpc) is 3.76. The minimum Gasteiger partial charge on any atom is -0.418 e. The molecule has 0 aliphatic rings. The molecule has 3 aromatic heterocycles. The summed E-state index contributed by atoms with van der Waals surface area (Å²) in [4.78, 5) is 18.8. The van der Waals surface area contributed by atoms with Crippen LogP contribution in [-0.4, -0.2) is 6.29 Å². The number of thiophene rings is 3. The van der Waals surface area contributed by atoms with Crippen LogP contribution in [0.25, 0.3) is 30.6 Å². The van der Waals surface area contributed by atoms with Crippen molar-refractivity contribution >= 4 is 70.3 Å². The fourth-order valence-corrected chi connectivity index (χ4v) is 7.61. The molecule has 6 rings (SSSR count). The average molecular weight is 596 g/mol. The first-order valence-electron chi connectivity index (χ1n) is 12.7. The first-order valence-corrected chi connectivity index (χ1v) is 15.5. The third-order valence-corrected chi connectivity index (χ3v) is 10.3. The van der Waals surface area contributed by atoms with Crippen LogP contribution in [0.4, 0.5) is 17.1 Å². The Bertz CT molecular complexity index is 1780. The second-order valence-electron chi connectivity index (χ2n) is 9.41. The van der Waals surface area contributed by atoms with E-state index in [2.05, 4.69) is 117 Å². The van der Waals surface area contributed by atoms with E-state index in [9.17, 15) is 4.79 Å². The first-order chi connectivity index (χ1) is 19.5. The van der Waals surface area contributed by atoms with Gasteiger partial charge in [0.2, 0.25) is 0 Å². The molecule has 0 saturated heterocycles. The summed E-state index contributed by atoms with van der Waals surface area (Å²) in [6, 6.07) is 36.2. The smallest absolute Gasteiger partial charge is 0.191 e. The van der Waals surface area contributed by atoms with Crippen LogP contribution in [-0.2, 0) is 0 Å². The van der Waals surface area contributed by atoms with Gasteiger partial charge in [0.15, 0.2) is 11.3 Å². The van der Waals surface area contributed by atoms with E-state index >= 15 is 0 Å². The van der Waals surface area contributed by atoms with Gasteiger partial charge in [-0.2, -0.15) is 0 Å². The molecular weight excluding hydrogens is 571 g/mol. The van der Waals surface area contributed by atoms with Gasteiger partial charge in [-0.3, -0.25) is 4.79 Å². The number of nitrogens with zero attached hydrogens (tertiary/aromatic N) is 1. The van der Waals surface area contributed by atoms with Crippen molar-refractivity contribution in [2.75, 3.05) is 4.90 Å². The number of carbonyl (C=O) groups excluding carboxylic acids is 1. The molecule has 3 nitrogen and oxygen atoms in total. The van der Waals surface area contributed by atoms with Gasteiger partial charge in [-0.25, -0.2) is 0 Å². The van der Waals surface area contributed by atoms with E-state index in [1.54, 1.807) is 22.7 Å². The van der Waals surface area contributed by atoms with Gasteiger partial charge in [-0.15, -0.1) is 22.7 Å². The Labute approximate surface area is 251 Å². The van der Waals surface area contributed by atoms with Crippen LogP contribution in [0.1, 0.15) is 20.8 Å². The Balaban J connectivity index is 1.34. The number of carbonyl (C=O) groups is 1. The number of hydrogen-bond acceptors (Lipinski definition) is 7. The number of aldehydes is 1. The van der Waals surface area contributed by atoms with Crippen LogP contribution >= 0.6 is 46.9 Å². The molecule has 0 N–H and O–H groups in total. The van der Waals surface area contributed by atoms with Crippen LogP contribution in [0.5, 0.6) is 5.06 Å². The standard InChI is InChI=1S/C33H25NO2S4/c1-21-3-13-28(22(2)19-21)34(26-10-6-24(7-11-26)30-17-18-33(36-37)40-30)25-8-4-23(5-9-25)29-15-16-32(39-29)31-14-12-27(20-35)38-31/h3-20,37H,1-2H3. The van der Waals surface area contributed by atoms with E-state index in [0.717, 1.165) is 48.6 Å². The van der Waals surface area contributed by atoms with Crippen LogP contribution < -0.4 is 9.08 Å². The Morgan fingerprint density at radius 1 is 0.650 bits per heavy atom. The quantitative estimate of drug-likeness (QED) is 0.108. The second-order valence-corrected chi connectivity index (χ2v) is 12.8. The second kappa shape index (κ2) is 11.5. The molecule has 0 bridgehead atoms. The highest BCUT2D eigenvalue weighted by molar-refractivity contribution is 7.75. The molecule has 0 spiro atoms. The van der Waals surface area contributed by atoms with Crippen LogP contribution in [0.15, 0.2) is 103 Å². The molecule has 0 unspecified atom stereocenters. The lowest BCUT2D eigenvalue weighted by Crippen LogP contribution is -2.11. The lowest BCUT2D eigenvalue weighted by atomic mass is 10.1. The van der Waals surface area contributed by atoms with E-state index < -0.39 is 0 Å². The van der Waals surface area contributed by atoms with Gasteiger partial charge < -0.3 is 9.08 Å². The molecule has 0 atom stereocenters. The summed E-state index contributed by atoms with van der Waals surface area (Å²) in [6.45, 7) is 4.29. The third-order valence-electron chi connectivity index (χ3n) is 6.68. The van der Waals surface area contributed by atoms with Crippen molar-refractivity contribution in [3.8, 4) is 35.7 Å². The molecule has 3 aromatic carbocycles. The molecule has 198 valence electrons. The minimum absolute atomic E-state index is 0.751. The van der Waals surface area contributed by atoms with Gasteiger partial charge in [0.05, 0.1) is 4.88 Å². The monoisotopic (exact) mass is 595 g/mol. The predicted octanol–water partition coefficient (Wildman–Crippen LogP) is 11.0. The molecule has 0 amide bonds. The third kappa shape index (κ3) is 5.38. The summed E-state index contributed by atoms with van der Waals surface area (Å²) in [5.41, 5.74) is 8.10. The highest BCUT2D eigenvalue weighted by Gasteiger charge is 2.16. The van der Waals surface area contributed by atoms with Crippen molar-refractivity contribution in [1.82, 2.24) is 0 Å². The zero-order chi connectivity index (χ0) is 27.6. The van der Waals surface area contributed by atoms with E-state index in [1.165, 1.54) is 37.8 Å². The Hall–Kier alpha value is -3.62. The molecule has 0 aliphatic carbocycles. The number of thiol groups is 1. The van der Waals surface area contributed by atoms with Crippen molar-refractivity contribution < 1.29 is 8.98 Å². The maximum Gasteiger partial charge on any atom is 0.191 e. The summed E-state index contributed by atoms with van der Waals surface area (Å²) in [5, 5.41) is 0.776. The van der Waals surface area contributed by atoms with E-state index in [1.807, 2.05) is 18.2 Å². The van der Waals surface area contributed by atoms with Gasteiger partial charge in [-0.05, 0) is 97.3 Å². The van der Waals surface area contributed by atoms with Gasteiger partial charge >= 0.3 is 0 Å². The van der Waals surface area contributed by atoms with Crippen LogP contribution in [0.2, 0.25) is 0 Å². The molecule has 3 heterocycles. The predicted molar refractivity (Wildman–Crippen MR) is 176 cm³/mol. The Kier molecular flexibility index (Phi) is 7.63. The van der Waals surface area contributed by atoms with Crippen molar-refractivity contribution in [2.24, 2.45) is 0 Å². The zero-order valence-electron chi connectivity index (χ0n) is 21.8. The van der Waals surface area contributed by atoms with Gasteiger partial charge in [0.1, 0.15) is 0 Å². The van der Waals surface area contributed by atoms with Crippen molar-refractivity contribution in [3.63, 3.8) is 0 Å². The largest absolute Gasteiger partial charge is 0.418 e. The number of benzene rings is 3. The van der Waals surface area contributed by atoms with E-state index in [-0.39, 0.29) is 0 Å². The molecule has 0 saturated carbocycles. The summed E-state index contributed by atoms with van der Waals surface area (Å²) in [7, 11) is 0. The molecule has 0 aliphatic heterocycles. The maximum absolute atomic E-state index is 11.1. The lowest BCUT2D eigenvalue weighted by Gasteiger charge is -2.27. The van der Waals surface area contributed by atoms with Crippen molar-refractivity contribution in [2.45, 2.75) is 13.8 Å². The lowest BCUT2D eigenvalue weighted by molar-refractivity contribution is 0.112. The van der Waals surface area contributed by atoms with Crippen molar-refractivity contribution in [3.05, 3.63) is 119 Å². The normalized spacial score (nSPS) is 11.0. The maximum atomic E-state index is 11.1. The fraction of sp³-hybridized carbons (Fsp3) is 0.0606. The number of aryl methyl sites for hydroxylation is 2. The first kappa shape index (κ1) is 26.6. The highest BCUT2D eigenvalue weighted by Crippen LogP contribution is 2.41. The molecular formula is C33H25NO2S4. The number of hydrogen-bond donors (Lipinski definition) is 1. The molecule has 0 fully saturated rings. The van der Waals surface area contributed by atoms with Gasteiger partial charge in [0.25, 0.3) is 0 Å². The van der Waals surface area contributed by atoms with E-state index in [0.29, 0.717) is 0 Å². The van der Waals surface area contributed by atoms with Crippen LogP contribution in [0.3, 0.4) is 0 Å². The SMILES string of the molecule is Cc1ccc(N(c2ccc(-c3ccc(OS)s3)cc2)c2ccc(-c3ccc(-c4ccc(C=O)s4)s3)cc2)c(C)c1. The Morgan fingerprint density at radius 2 is 1.23 bits per heavy atom. The summed E-state index contributed by atoms with van der Waals surface area (Å²) >= 11 is 8.77. The highest BCUT2D eigenvalue weighted by atomic mass is 32.1. The van der Waals surface area contributed by atoms with E-state index in [4.69, 9.17) is 4.18 Å². The summed E-state index contributed by atoms with van der Waals surface area (Å²) in [5.74, 6) is 0. The fourth-order valence-electron chi connectivity index (χ4n) is 4.73.